The number of rotatable bonds is 5. The summed E-state index contributed by atoms with van der Waals surface area (Å²) in [7, 11) is 0. The number of aromatic amines is 1. The van der Waals surface area contributed by atoms with E-state index in [0.29, 0.717) is 22.8 Å². The number of hydrogen-bond donors (Lipinski definition) is 2. The van der Waals surface area contributed by atoms with Gasteiger partial charge in [-0.15, -0.1) is 0 Å². The highest BCUT2D eigenvalue weighted by Gasteiger charge is 2.33. The van der Waals surface area contributed by atoms with Gasteiger partial charge in [0.05, 0.1) is 11.0 Å². The van der Waals surface area contributed by atoms with Crippen molar-refractivity contribution in [2.24, 2.45) is 0 Å². The van der Waals surface area contributed by atoms with E-state index in [1.807, 2.05) is 0 Å². The molecule has 0 bridgehead atoms. The lowest BCUT2D eigenvalue weighted by molar-refractivity contribution is 0.0855. The van der Waals surface area contributed by atoms with Crippen LogP contribution < -0.4 is 5.73 Å². The molecule has 1 aromatic heterocycles. The van der Waals surface area contributed by atoms with Crippen LogP contribution in [0.25, 0.3) is 11.0 Å². The monoisotopic (exact) mass is 391 g/mol. The molecule has 7 heteroatoms. The van der Waals surface area contributed by atoms with Gasteiger partial charge in [0.2, 0.25) is 0 Å². The summed E-state index contributed by atoms with van der Waals surface area (Å²) in [5, 5.41) is 0. The average molecular weight is 391 g/mol. The van der Waals surface area contributed by atoms with E-state index in [1.54, 1.807) is 36.4 Å². The minimum absolute atomic E-state index is 0.0910. The van der Waals surface area contributed by atoms with Crippen LogP contribution in [0, 0.1) is 11.6 Å². The van der Waals surface area contributed by atoms with Crippen LogP contribution >= 0.6 is 0 Å². The number of anilines is 1. The van der Waals surface area contributed by atoms with Crippen molar-refractivity contribution in [2.45, 2.75) is 5.92 Å². The third kappa shape index (κ3) is 3.62. The van der Waals surface area contributed by atoms with Crippen molar-refractivity contribution < 1.29 is 18.4 Å². The molecule has 1 unspecified atom stereocenters. The van der Waals surface area contributed by atoms with Crippen molar-refractivity contribution in [3.63, 3.8) is 0 Å². The van der Waals surface area contributed by atoms with Crippen LogP contribution in [0.3, 0.4) is 0 Å². The molecule has 3 N–H and O–H groups in total. The predicted molar refractivity (Wildman–Crippen MR) is 105 cm³/mol. The topological polar surface area (TPSA) is 88.8 Å². The van der Waals surface area contributed by atoms with E-state index in [9.17, 15) is 18.4 Å². The summed E-state index contributed by atoms with van der Waals surface area (Å²) in [6, 6.07) is 15.6. The number of nitrogen functional groups attached to an aromatic ring is 1. The van der Waals surface area contributed by atoms with Crippen molar-refractivity contribution in [3.05, 3.63) is 95.3 Å². The molecule has 3 aromatic carbocycles. The molecule has 4 rings (SSSR count). The second kappa shape index (κ2) is 7.27. The summed E-state index contributed by atoms with van der Waals surface area (Å²) in [6.07, 6.45) is 0. The first-order valence-corrected chi connectivity index (χ1v) is 8.77. The Morgan fingerprint density at radius 3 is 2.24 bits per heavy atom. The first-order valence-electron chi connectivity index (χ1n) is 8.77. The lowest BCUT2D eigenvalue weighted by Crippen LogP contribution is -2.24. The van der Waals surface area contributed by atoms with E-state index in [-0.39, 0.29) is 17.0 Å². The number of hydrogen-bond acceptors (Lipinski definition) is 4. The number of nitrogens with two attached hydrogens (primary N) is 1. The van der Waals surface area contributed by atoms with Crippen LogP contribution in [0.1, 0.15) is 32.5 Å². The van der Waals surface area contributed by atoms with Crippen molar-refractivity contribution in [1.29, 1.82) is 0 Å². The highest BCUT2D eigenvalue weighted by Crippen LogP contribution is 2.27. The number of carbonyl (C=O) groups is 2. The van der Waals surface area contributed by atoms with Gasteiger partial charge in [-0.25, -0.2) is 13.8 Å². The third-order valence-corrected chi connectivity index (χ3v) is 4.52. The van der Waals surface area contributed by atoms with Gasteiger partial charge < -0.3 is 10.7 Å². The highest BCUT2D eigenvalue weighted by atomic mass is 19.1. The van der Waals surface area contributed by atoms with Crippen LogP contribution in [0.15, 0.2) is 66.7 Å². The van der Waals surface area contributed by atoms with Crippen LogP contribution in [0.5, 0.6) is 0 Å². The summed E-state index contributed by atoms with van der Waals surface area (Å²) >= 11 is 0. The summed E-state index contributed by atoms with van der Waals surface area (Å²) in [6.45, 7) is 0. The van der Waals surface area contributed by atoms with Gasteiger partial charge in [0, 0.05) is 22.9 Å². The minimum atomic E-state index is -1.41. The van der Waals surface area contributed by atoms with Gasteiger partial charge in [0.15, 0.2) is 11.6 Å². The van der Waals surface area contributed by atoms with Crippen molar-refractivity contribution in [2.75, 3.05) is 5.73 Å². The molecule has 1 atom stereocenters. The number of Topliss-reactive ketones (excluding diaryl/α,β-unsaturated/α-hetero) is 2. The summed E-state index contributed by atoms with van der Waals surface area (Å²) in [5.74, 6) is -4.49. The lowest BCUT2D eigenvalue weighted by atomic mass is 9.89. The van der Waals surface area contributed by atoms with E-state index in [2.05, 4.69) is 9.97 Å². The molecule has 0 spiro atoms. The Bertz CT molecular complexity index is 1200. The number of halogens is 2. The quantitative estimate of drug-likeness (QED) is 0.302. The lowest BCUT2D eigenvalue weighted by Gasteiger charge is -2.13. The van der Waals surface area contributed by atoms with Gasteiger partial charge in [-0.1, -0.05) is 24.3 Å². The molecule has 0 saturated carbocycles. The molecule has 0 radical (unpaired) electrons. The van der Waals surface area contributed by atoms with Crippen molar-refractivity contribution >= 4 is 28.3 Å². The van der Waals surface area contributed by atoms with Crippen molar-refractivity contribution in [3.8, 4) is 0 Å². The number of para-hydroxylation sites is 2. The van der Waals surface area contributed by atoms with Crippen LogP contribution in [-0.2, 0) is 0 Å². The molecule has 144 valence electrons. The maximum atomic E-state index is 13.7. The van der Waals surface area contributed by atoms with Crippen LogP contribution in [0.2, 0.25) is 0 Å². The van der Waals surface area contributed by atoms with Gasteiger partial charge in [-0.3, -0.25) is 9.59 Å². The zero-order chi connectivity index (χ0) is 20.5. The molecule has 0 aliphatic rings. The number of ketones is 2. The molecule has 4 aromatic rings. The smallest absolute Gasteiger partial charge is 0.181 e. The van der Waals surface area contributed by atoms with E-state index in [1.165, 1.54) is 12.1 Å². The maximum Gasteiger partial charge on any atom is 0.181 e. The Kier molecular flexibility index (Phi) is 4.64. The average Bonchev–Trinajstić information content (AvgIpc) is 3.10. The van der Waals surface area contributed by atoms with Gasteiger partial charge >= 0.3 is 0 Å². The number of H-pyrrole nitrogens is 1. The Morgan fingerprint density at radius 2 is 1.55 bits per heavy atom. The molecule has 0 aliphatic heterocycles. The van der Waals surface area contributed by atoms with Crippen LogP contribution in [-0.4, -0.2) is 21.5 Å². The number of carbonyl (C=O) groups excluding carboxylic acids is 2. The van der Waals surface area contributed by atoms with E-state index in [4.69, 9.17) is 5.73 Å². The van der Waals surface area contributed by atoms with Gasteiger partial charge in [0.25, 0.3) is 0 Å². The van der Waals surface area contributed by atoms with Crippen molar-refractivity contribution in [1.82, 2.24) is 9.97 Å². The zero-order valence-electron chi connectivity index (χ0n) is 15.0. The number of nitrogens with zero attached hydrogens (tertiary/aromatic N) is 1. The zero-order valence-corrected chi connectivity index (χ0v) is 15.0. The van der Waals surface area contributed by atoms with Gasteiger partial charge in [0.1, 0.15) is 23.4 Å². The van der Waals surface area contributed by atoms with E-state index < -0.39 is 29.1 Å². The normalized spacial score (nSPS) is 12.1. The number of benzene rings is 3. The minimum Gasteiger partial charge on any atom is -0.399 e. The van der Waals surface area contributed by atoms with Crippen LogP contribution in [0.4, 0.5) is 14.5 Å². The largest absolute Gasteiger partial charge is 0.399 e. The number of fused-ring (bicyclic) bond motifs is 1. The molecular formula is C22H15F2N3O2. The fourth-order valence-corrected chi connectivity index (χ4v) is 3.20. The van der Waals surface area contributed by atoms with Gasteiger partial charge in [-0.05, 0) is 36.4 Å². The molecule has 0 amide bonds. The predicted octanol–water partition coefficient (Wildman–Crippen LogP) is 4.27. The van der Waals surface area contributed by atoms with E-state index >= 15 is 0 Å². The van der Waals surface area contributed by atoms with Gasteiger partial charge in [-0.2, -0.15) is 0 Å². The second-order valence-corrected chi connectivity index (χ2v) is 6.58. The standard InChI is InChI=1S/C22H15F2N3O2/c23-14-8-13(9-15(24)11-14)21(29)19(20(28)12-4-3-5-16(25)10-12)22-26-17-6-1-2-7-18(17)27-22/h1-11,19H,25H2,(H,26,27). The third-order valence-electron chi connectivity index (χ3n) is 4.52. The molecule has 0 saturated heterocycles. The Labute approximate surface area is 164 Å². The Morgan fingerprint density at radius 1 is 0.862 bits per heavy atom. The SMILES string of the molecule is Nc1cccc(C(=O)C(C(=O)c2cc(F)cc(F)c2)c2nc3ccccc3[nH]2)c1. The first kappa shape index (κ1) is 18.5. The highest BCUT2D eigenvalue weighted by molar-refractivity contribution is 6.20. The first-order chi connectivity index (χ1) is 13.9. The summed E-state index contributed by atoms with van der Waals surface area (Å²) in [4.78, 5) is 33.7. The fourth-order valence-electron chi connectivity index (χ4n) is 3.20. The molecule has 5 nitrogen and oxygen atoms in total. The fraction of sp³-hybridized carbons (Fsp3) is 0.0455. The summed E-state index contributed by atoms with van der Waals surface area (Å²) < 4.78 is 27.4. The van der Waals surface area contributed by atoms with E-state index in [0.717, 1.165) is 12.1 Å². The Balaban J connectivity index is 1.86. The second-order valence-electron chi connectivity index (χ2n) is 6.58. The molecular weight excluding hydrogens is 376 g/mol. The number of imidazole rings is 1. The molecule has 0 aliphatic carbocycles. The molecule has 29 heavy (non-hydrogen) atoms. The molecule has 1 heterocycles. The maximum absolute atomic E-state index is 13.7. The number of nitrogens with one attached hydrogen (secondary N) is 1. The number of aromatic nitrogens is 2. The molecule has 0 fully saturated rings. The summed E-state index contributed by atoms with van der Waals surface area (Å²) in [5.41, 5.74) is 7.24. The Hall–Kier alpha value is -3.87.